The van der Waals surface area contributed by atoms with E-state index >= 15 is 0 Å². The predicted molar refractivity (Wildman–Crippen MR) is 79.2 cm³/mol. The zero-order chi connectivity index (χ0) is 15.3. The normalized spacial score (nSPS) is 12.4. The van der Waals surface area contributed by atoms with Crippen LogP contribution in [0.3, 0.4) is 0 Å². The highest BCUT2D eigenvalue weighted by atomic mass is 35.6. The number of aryl methyl sites for hydroxylation is 1. The van der Waals surface area contributed by atoms with Crippen molar-refractivity contribution in [2.45, 2.75) is 23.9 Å². The number of ether oxygens (including phenoxy) is 1. The van der Waals surface area contributed by atoms with E-state index in [0.717, 1.165) is 12.5 Å². The molecule has 20 heavy (non-hydrogen) atoms. The van der Waals surface area contributed by atoms with Crippen LogP contribution in [0, 0.1) is 6.92 Å². The molecule has 8 heteroatoms. The van der Waals surface area contributed by atoms with Gasteiger partial charge >= 0.3 is 12.0 Å². The number of alkyl halides is 3. The second-order valence-electron chi connectivity index (χ2n) is 4.00. The minimum absolute atomic E-state index is 0.555. The Labute approximate surface area is 131 Å². The van der Waals surface area contributed by atoms with Gasteiger partial charge in [0.05, 0.1) is 0 Å². The first-order chi connectivity index (χ1) is 9.18. The van der Waals surface area contributed by atoms with Crippen LogP contribution in [0.1, 0.15) is 12.5 Å². The van der Waals surface area contributed by atoms with E-state index in [1.807, 2.05) is 19.1 Å². The van der Waals surface area contributed by atoms with E-state index in [1.54, 1.807) is 12.1 Å². The van der Waals surface area contributed by atoms with Crippen molar-refractivity contribution in [2.75, 3.05) is 5.32 Å². The first-order valence-electron chi connectivity index (χ1n) is 5.56. The average molecular weight is 340 g/mol. The maximum Gasteiger partial charge on any atom is 0.322 e. The molecule has 2 amide bonds. The molecule has 0 aliphatic rings. The minimum atomic E-state index is -1.98. The summed E-state index contributed by atoms with van der Waals surface area (Å²) in [5.41, 5.74) is 1.61. The third kappa shape index (κ3) is 5.86. The molecule has 0 radical (unpaired) electrons. The largest absolute Gasteiger partial charge is 0.437 e. The number of amides is 2. The monoisotopic (exact) mass is 338 g/mol. The Hall–Kier alpha value is -1.17. The number of anilines is 1. The van der Waals surface area contributed by atoms with Gasteiger partial charge < -0.3 is 10.1 Å². The van der Waals surface area contributed by atoms with Gasteiger partial charge in [-0.25, -0.2) is 4.79 Å². The van der Waals surface area contributed by atoms with Gasteiger partial charge in [0.1, 0.15) is 0 Å². The highest BCUT2D eigenvalue weighted by Gasteiger charge is 2.36. The summed E-state index contributed by atoms with van der Waals surface area (Å²) in [5.74, 6) is -0.683. The third-order valence-electron chi connectivity index (χ3n) is 2.15. The summed E-state index contributed by atoms with van der Waals surface area (Å²) in [7, 11) is 0. The molecule has 0 saturated carbocycles. The van der Waals surface area contributed by atoms with E-state index < -0.39 is 22.0 Å². The van der Waals surface area contributed by atoms with Crippen LogP contribution in [0.5, 0.6) is 0 Å². The Morgan fingerprint density at radius 2 is 1.75 bits per heavy atom. The molecular weight excluding hydrogens is 327 g/mol. The number of halogens is 3. The van der Waals surface area contributed by atoms with Crippen LogP contribution in [0.4, 0.5) is 10.5 Å². The van der Waals surface area contributed by atoms with Crippen LogP contribution in [-0.2, 0) is 9.53 Å². The fourth-order valence-corrected chi connectivity index (χ4v) is 1.56. The molecule has 1 aromatic carbocycles. The molecule has 110 valence electrons. The third-order valence-corrected chi connectivity index (χ3v) is 2.75. The SMILES string of the molecule is CC(=O)O[C@H](NC(=O)Nc1ccc(C)cc1)C(Cl)(Cl)Cl. The topological polar surface area (TPSA) is 67.4 Å². The summed E-state index contributed by atoms with van der Waals surface area (Å²) >= 11 is 16.9. The summed E-state index contributed by atoms with van der Waals surface area (Å²) in [4.78, 5) is 22.7. The van der Waals surface area contributed by atoms with E-state index in [9.17, 15) is 9.59 Å². The van der Waals surface area contributed by atoms with Crippen LogP contribution in [-0.4, -0.2) is 22.0 Å². The van der Waals surface area contributed by atoms with E-state index in [2.05, 4.69) is 10.6 Å². The molecule has 5 nitrogen and oxygen atoms in total. The summed E-state index contributed by atoms with van der Waals surface area (Å²) in [6.07, 6.45) is -1.39. The molecule has 0 aliphatic carbocycles. The number of esters is 1. The molecule has 0 aromatic heterocycles. The Morgan fingerprint density at radius 3 is 2.20 bits per heavy atom. The summed E-state index contributed by atoms with van der Waals surface area (Å²) in [5, 5.41) is 4.79. The van der Waals surface area contributed by atoms with Crippen molar-refractivity contribution in [3.63, 3.8) is 0 Å². The fourth-order valence-electron chi connectivity index (χ4n) is 1.27. The van der Waals surface area contributed by atoms with Crippen LogP contribution >= 0.6 is 34.8 Å². The molecule has 1 atom stereocenters. The van der Waals surface area contributed by atoms with Gasteiger partial charge in [-0.15, -0.1) is 0 Å². The average Bonchev–Trinajstić information content (AvgIpc) is 2.29. The van der Waals surface area contributed by atoms with Gasteiger partial charge in [0.15, 0.2) is 0 Å². The Bertz CT molecular complexity index is 486. The maximum absolute atomic E-state index is 11.7. The maximum atomic E-state index is 11.7. The zero-order valence-electron chi connectivity index (χ0n) is 10.7. The number of nitrogens with one attached hydrogen (secondary N) is 2. The number of hydrogen-bond acceptors (Lipinski definition) is 3. The lowest BCUT2D eigenvalue weighted by Gasteiger charge is -2.24. The first-order valence-corrected chi connectivity index (χ1v) is 6.70. The summed E-state index contributed by atoms with van der Waals surface area (Å²) in [6, 6.07) is 6.42. The van der Waals surface area contributed by atoms with Crippen molar-refractivity contribution >= 4 is 52.5 Å². The zero-order valence-corrected chi connectivity index (χ0v) is 13.0. The van der Waals surface area contributed by atoms with E-state index in [1.165, 1.54) is 0 Å². The molecule has 1 rings (SSSR count). The molecule has 2 N–H and O–H groups in total. The fraction of sp³-hybridized carbons (Fsp3) is 0.333. The second-order valence-corrected chi connectivity index (χ2v) is 6.36. The van der Waals surface area contributed by atoms with Gasteiger partial charge in [-0.2, -0.15) is 0 Å². The molecule has 0 unspecified atom stereocenters. The smallest absolute Gasteiger partial charge is 0.322 e. The van der Waals surface area contributed by atoms with Crippen molar-refractivity contribution in [3.05, 3.63) is 29.8 Å². The highest BCUT2D eigenvalue weighted by Crippen LogP contribution is 2.31. The van der Waals surface area contributed by atoms with Gasteiger partial charge in [-0.3, -0.25) is 10.1 Å². The number of carbonyl (C=O) groups is 2. The van der Waals surface area contributed by atoms with Gasteiger partial charge in [0, 0.05) is 12.6 Å². The quantitative estimate of drug-likeness (QED) is 0.504. The molecule has 0 spiro atoms. The van der Waals surface area contributed by atoms with Crippen molar-refractivity contribution in [1.82, 2.24) is 5.32 Å². The lowest BCUT2D eigenvalue weighted by atomic mass is 10.2. The van der Waals surface area contributed by atoms with E-state index in [4.69, 9.17) is 39.5 Å². The Morgan fingerprint density at radius 1 is 1.20 bits per heavy atom. The molecule has 0 bridgehead atoms. The minimum Gasteiger partial charge on any atom is -0.437 e. The lowest BCUT2D eigenvalue weighted by Crippen LogP contribution is -2.48. The molecule has 0 saturated heterocycles. The van der Waals surface area contributed by atoms with Crippen LogP contribution in [0.2, 0.25) is 0 Å². The number of carbonyl (C=O) groups excluding carboxylic acids is 2. The lowest BCUT2D eigenvalue weighted by molar-refractivity contribution is -0.146. The van der Waals surface area contributed by atoms with Crippen LogP contribution < -0.4 is 10.6 Å². The van der Waals surface area contributed by atoms with Crippen molar-refractivity contribution in [2.24, 2.45) is 0 Å². The van der Waals surface area contributed by atoms with Gasteiger partial charge in [-0.1, -0.05) is 52.5 Å². The number of urea groups is 1. The highest BCUT2D eigenvalue weighted by molar-refractivity contribution is 6.68. The number of hydrogen-bond donors (Lipinski definition) is 2. The van der Waals surface area contributed by atoms with Crippen molar-refractivity contribution in [3.8, 4) is 0 Å². The standard InChI is InChI=1S/C12H13Cl3N2O3/c1-7-3-5-9(6-4-7)16-11(19)17-10(12(13,14)15)20-8(2)18/h3-6,10H,1-2H3,(H2,16,17,19)/t10-/m0/s1. The first kappa shape index (κ1) is 16.9. The van der Waals surface area contributed by atoms with Gasteiger partial charge in [0.25, 0.3) is 0 Å². The van der Waals surface area contributed by atoms with Crippen LogP contribution in [0.15, 0.2) is 24.3 Å². The molecule has 0 fully saturated rings. The van der Waals surface area contributed by atoms with Gasteiger partial charge in [0.2, 0.25) is 10.0 Å². The van der Waals surface area contributed by atoms with Crippen molar-refractivity contribution in [1.29, 1.82) is 0 Å². The second kappa shape index (κ2) is 7.02. The number of benzene rings is 1. The van der Waals surface area contributed by atoms with E-state index in [0.29, 0.717) is 5.69 Å². The summed E-state index contributed by atoms with van der Waals surface area (Å²) in [6.45, 7) is 3.06. The number of rotatable bonds is 3. The van der Waals surface area contributed by atoms with Gasteiger partial charge in [-0.05, 0) is 19.1 Å². The predicted octanol–water partition coefficient (Wildman–Crippen LogP) is 3.38. The van der Waals surface area contributed by atoms with Crippen LogP contribution in [0.25, 0.3) is 0 Å². The Balaban J connectivity index is 2.66. The molecule has 1 aromatic rings. The summed E-state index contributed by atoms with van der Waals surface area (Å²) < 4.78 is 2.76. The molecular formula is C12H13Cl3N2O3. The molecule has 0 aliphatic heterocycles. The molecule has 0 heterocycles. The Kier molecular flexibility index (Phi) is 5.92. The van der Waals surface area contributed by atoms with Crippen molar-refractivity contribution < 1.29 is 14.3 Å². The van der Waals surface area contributed by atoms with E-state index in [-0.39, 0.29) is 0 Å².